The Bertz CT molecular complexity index is 1780. The van der Waals surface area contributed by atoms with E-state index in [1.807, 2.05) is 60.7 Å². The molecule has 1 fully saturated rings. The largest absolute Gasteiger partial charge is 0.497 e. The number of hydrogen-bond donors (Lipinski definition) is 0. The number of likely N-dealkylation sites (tertiary alicyclic amines) is 1. The summed E-state index contributed by atoms with van der Waals surface area (Å²) in [5.41, 5.74) is 2.92. The number of esters is 1. The van der Waals surface area contributed by atoms with Gasteiger partial charge in [0.15, 0.2) is 0 Å². The third-order valence-corrected chi connectivity index (χ3v) is 9.37. The second-order valence-corrected chi connectivity index (χ2v) is 12.4. The standard InChI is InChI=1S/C38H38N2O5S/c1-27(41)40(30-14-18-31(19-15-30)44-25-9-24-39-22-7-4-8-23-39)36-34-21-20-33(43-2)26-35(34)46-37(36)28-12-16-32(17-13-28)45-38(42)29-10-5-3-6-11-29/h3,5-6,10-21,26H,4,7-9,22-25H2,1-2H3. The summed E-state index contributed by atoms with van der Waals surface area (Å²) in [6.07, 6.45) is 4.91. The van der Waals surface area contributed by atoms with Crippen molar-refractivity contribution in [3.05, 3.63) is 103 Å². The maximum Gasteiger partial charge on any atom is 0.343 e. The summed E-state index contributed by atoms with van der Waals surface area (Å²) in [6, 6.07) is 29.9. The number of hydrogen-bond acceptors (Lipinski definition) is 7. The molecule has 8 heteroatoms. The highest BCUT2D eigenvalue weighted by atomic mass is 32.1. The fraction of sp³-hybridized carbons (Fsp3) is 0.263. The van der Waals surface area contributed by atoms with Crippen molar-refractivity contribution in [2.24, 2.45) is 0 Å². The molecule has 0 N–H and O–H groups in total. The third kappa shape index (κ3) is 7.25. The molecule has 1 aromatic heterocycles. The molecule has 0 bridgehead atoms. The number of carbonyl (C=O) groups excluding carboxylic acids is 2. The van der Waals surface area contributed by atoms with Crippen LogP contribution in [0.15, 0.2) is 97.1 Å². The summed E-state index contributed by atoms with van der Waals surface area (Å²) < 4.78 is 18.2. The molecule has 46 heavy (non-hydrogen) atoms. The lowest BCUT2D eigenvalue weighted by molar-refractivity contribution is -0.115. The van der Waals surface area contributed by atoms with Gasteiger partial charge in [0, 0.05) is 29.2 Å². The summed E-state index contributed by atoms with van der Waals surface area (Å²) in [5.74, 6) is 1.44. The number of benzene rings is 4. The summed E-state index contributed by atoms with van der Waals surface area (Å²) in [7, 11) is 1.64. The number of nitrogens with zero attached hydrogens (tertiary/aromatic N) is 2. The van der Waals surface area contributed by atoms with Crippen LogP contribution in [-0.2, 0) is 4.79 Å². The molecular weight excluding hydrogens is 596 g/mol. The maximum absolute atomic E-state index is 13.4. The number of rotatable bonds is 11. The SMILES string of the molecule is COc1ccc2c(N(C(C)=O)c3ccc(OCCCN4CCCCC4)cc3)c(-c3ccc(OC(=O)c4ccccc4)cc3)sc2c1. The van der Waals surface area contributed by atoms with Crippen LogP contribution >= 0.6 is 11.3 Å². The molecule has 0 radical (unpaired) electrons. The van der Waals surface area contributed by atoms with E-state index in [9.17, 15) is 9.59 Å². The van der Waals surface area contributed by atoms with Crippen molar-refractivity contribution in [3.63, 3.8) is 0 Å². The number of piperidine rings is 1. The quantitative estimate of drug-likeness (QED) is 0.0822. The first-order chi connectivity index (χ1) is 22.5. The van der Waals surface area contributed by atoms with Crippen molar-refractivity contribution in [1.29, 1.82) is 0 Å². The number of fused-ring (bicyclic) bond motifs is 1. The van der Waals surface area contributed by atoms with Crippen LogP contribution in [0.25, 0.3) is 20.5 Å². The van der Waals surface area contributed by atoms with E-state index in [0.29, 0.717) is 17.9 Å². The molecule has 0 spiro atoms. The monoisotopic (exact) mass is 634 g/mol. The van der Waals surface area contributed by atoms with Crippen LogP contribution in [-0.4, -0.2) is 50.1 Å². The zero-order valence-corrected chi connectivity index (χ0v) is 27.1. The summed E-state index contributed by atoms with van der Waals surface area (Å²) in [6.45, 7) is 5.67. The third-order valence-electron chi connectivity index (χ3n) is 8.18. The fourth-order valence-electron chi connectivity index (χ4n) is 5.84. The first-order valence-electron chi connectivity index (χ1n) is 15.7. The molecule has 7 nitrogen and oxygen atoms in total. The Hall–Kier alpha value is -4.66. The molecule has 6 rings (SSSR count). The normalized spacial score (nSPS) is 13.3. The zero-order chi connectivity index (χ0) is 31.9. The minimum Gasteiger partial charge on any atom is -0.497 e. The van der Waals surface area contributed by atoms with Gasteiger partial charge in [0.25, 0.3) is 0 Å². The van der Waals surface area contributed by atoms with E-state index in [4.69, 9.17) is 14.2 Å². The Kier molecular flexibility index (Phi) is 9.96. The molecule has 1 aliphatic heterocycles. The highest BCUT2D eigenvalue weighted by molar-refractivity contribution is 7.23. The lowest BCUT2D eigenvalue weighted by Crippen LogP contribution is -2.31. The number of amides is 1. The summed E-state index contributed by atoms with van der Waals surface area (Å²) >= 11 is 1.58. The van der Waals surface area contributed by atoms with Crippen molar-refractivity contribution < 1.29 is 23.8 Å². The van der Waals surface area contributed by atoms with Gasteiger partial charge < -0.3 is 19.1 Å². The van der Waals surface area contributed by atoms with Gasteiger partial charge in [-0.1, -0.05) is 24.6 Å². The maximum atomic E-state index is 13.4. The molecule has 0 unspecified atom stereocenters. The lowest BCUT2D eigenvalue weighted by atomic mass is 10.1. The number of ether oxygens (including phenoxy) is 3. The van der Waals surface area contributed by atoms with Gasteiger partial charge in [-0.3, -0.25) is 9.69 Å². The highest BCUT2D eigenvalue weighted by Gasteiger charge is 2.25. The minimum absolute atomic E-state index is 0.111. The molecule has 0 aliphatic carbocycles. The smallest absolute Gasteiger partial charge is 0.343 e. The Labute approximate surface area is 273 Å². The van der Waals surface area contributed by atoms with Gasteiger partial charge in [-0.05, 0) is 117 Å². The van der Waals surface area contributed by atoms with E-state index < -0.39 is 5.97 Å². The minimum atomic E-state index is -0.417. The number of anilines is 2. The van der Waals surface area contributed by atoms with Crippen molar-refractivity contribution >= 4 is 44.7 Å². The topological polar surface area (TPSA) is 68.3 Å². The summed E-state index contributed by atoms with van der Waals surface area (Å²) in [5, 5.41) is 0.939. The zero-order valence-electron chi connectivity index (χ0n) is 26.2. The Morgan fingerprint density at radius 3 is 2.22 bits per heavy atom. The first-order valence-corrected chi connectivity index (χ1v) is 16.6. The molecule has 0 saturated carbocycles. The average molecular weight is 635 g/mol. The molecule has 0 atom stereocenters. The molecule has 236 valence electrons. The predicted molar refractivity (Wildman–Crippen MR) is 185 cm³/mol. The summed E-state index contributed by atoms with van der Waals surface area (Å²) in [4.78, 5) is 31.1. The van der Waals surface area contributed by atoms with Crippen LogP contribution in [0.3, 0.4) is 0 Å². The highest BCUT2D eigenvalue weighted by Crippen LogP contribution is 2.48. The lowest BCUT2D eigenvalue weighted by Gasteiger charge is -2.26. The number of thiophene rings is 1. The fourth-order valence-corrected chi connectivity index (χ4v) is 7.06. The van der Waals surface area contributed by atoms with Gasteiger partial charge in [-0.25, -0.2) is 4.79 Å². The van der Waals surface area contributed by atoms with Gasteiger partial charge in [0.05, 0.1) is 29.8 Å². The van der Waals surface area contributed by atoms with Crippen molar-refractivity contribution in [2.45, 2.75) is 32.6 Å². The molecule has 4 aromatic carbocycles. The van der Waals surface area contributed by atoms with Crippen LogP contribution < -0.4 is 19.1 Å². The van der Waals surface area contributed by atoms with E-state index in [-0.39, 0.29) is 5.91 Å². The Morgan fingerprint density at radius 1 is 0.826 bits per heavy atom. The van der Waals surface area contributed by atoms with Crippen LogP contribution in [0.5, 0.6) is 17.2 Å². The molecule has 2 heterocycles. The first kappa shape index (κ1) is 31.3. The van der Waals surface area contributed by atoms with Gasteiger partial charge >= 0.3 is 5.97 Å². The van der Waals surface area contributed by atoms with Gasteiger partial charge in [0.1, 0.15) is 17.2 Å². The van der Waals surface area contributed by atoms with Crippen molar-refractivity contribution in [3.8, 4) is 27.7 Å². The van der Waals surface area contributed by atoms with Crippen LogP contribution in [0, 0.1) is 0 Å². The Balaban J connectivity index is 1.26. The second kappa shape index (κ2) is 14.6. The van der Waals surface area contributed by atoms with E-state index in [1.54, 1.807) is 66.7 Å². The van der Waals surface area contributed by atoms with Gasteiger partial charge in [0.2, 0.25) is 5.91 Å². The van der Waals surface area contributed by atoms with Gasteiger partial charge in [-0.2, -0.15) is 0 Å². The average Bonchev–Trinajstić information content (AvgIpc) is 3.46. The van der Waals surface area contributed by atoms with Crippen molar-refractivity contribution in [2.75, 3.05) is 38.3 Å². The predicted octanol–water partition coefficient (Wildman–Crippen LogP) is 8.74. The van der Waals surface area contributed by atoms with Crippen LogP contribution in [0.4, 0.5) is 11.4 Å². The Morgan fingerprint density at radius 2 is 1.52 bits per heavy atom. The molecule has 1 amide bonds. The van der Waals surface area contributed by atoms with Gasteiger partial charge in [-0.15, -0.1) is 11.3 Å². The van der Waals surface area contributed by atoms with E-state index in [2.05, 4.69) is 4.90 Å². The van der Waals surface area contributed by atoms with E-state index in [0.717, 1.165) is 56.4 Å². The molecule has 1 aliphatic rings. The van der Waals surface area contributed by atoms with Crippen molar-refractivity contribution in [1.82, 2.24) is 4.90 Å². The molecular formula is C38H38N2O5S. The molecule has 1 saturated heterocycles. The second-order valence-electron chi connectivity index (χ2n) is 11.4. The molecule has 5 aromatic rings. The number of carbonyl (C=O) groups is 2. The number of methoxy groups -OCH3 is 1. The van der Waals surface area contributed by atoms with E-state index in [1.165, 1.54) is 32.4 Å². The van der Waals surface area contributed by atoms with E-state index >= 15 is 0 Å². The van der Waals surface area contributed by atoms with Crippen LogP contribution in [0.2, 0.25) is 0 Å². The van der Waals surface area contributed by atoms with Crippen LogP contribution in [0.1, 0.15) is 43.0 Å².